The van der Waals surface area contributed by atoms with Crippen LogP contribution in [0.4, 0.5) is 4.39 Å². The molecule has 1 fully saturated rings. The highest BCUT2D eigenvalue weighted by atomic mass is 35.5. The summed E-state index contributed by atoms with van der Waals surface area (Å²) >= 11 is 6.06. The van der Waals surface area contributed by atoms with Crippen LogP contribution in [0.15, 0.2) is 18.2 Å². The lowest BCUT2D eigenvalue weighted by molar-refractivity contribution is 0.280. The fourth-order valence-electron chi connectivity index (χ4n) is 2.75. The Balaban J connectivity index is 1.88. The van der Waals surface area contributed by atoms with E-state index in [2.05, 4.69) is 12.2 Å². The van der Waals surface area contributed by atoms with Crippen molar-refractivity contribution in [2.45, 2.75) is 51.6 Å². The fourth-order valence-corrected chi connectivity index (χ4v) is 2.93. The molecule has 0 heterocycles. The molecule has 0 saturated heterocycles. The molecule has 1 aliphatic carbocycles. The maximum atomic E-state index is 13.1. The summed E-state index contributed by atoms with van der Waals surface area (Å²) in [7, 11) is 0. The molecular formula is C15H21ClFN. The number of hydrogen-bond donors (Lipinski definition) is 1. The van der Waals surface area contributed by atoms with Gasteiger partial charge in [0.05, 0.1) is 0 Å². The zero-order valence-electron chi connectivity index (χ0n) is 10.9. The van der Waals surface area contributed by atoms with Crippen molar-refractivity contribution >= 4 is 11.6 Å². The van der Waals surface area contributed by atoms with Crippen molar-refractivity contribution < 1.29 is 4.39 Å². The number of halogens is 2. The normalized spacial score (nSPS) is 18.8. The Labute approximate surface area is 114 Å². The lowest BCUT2D eigenvalue weighted by Crippen LogP contribution is -2.34. The van der Waals surface area contributed by atoms with Gasteiger partial charge in [-0.3, -0.25) is 0 Å². The monoisotopic (exact) mass is 269 g/mol. The zero-order chi connectivity index (χ0) is 13.0. The van der Waals surface area contributed by atoms with Crippen LogP contribution < -0.4 is 5.32 Å². The predicted molar refractivity (Wildman–Crippen MR) is 74.3 cm³/mol. The first kappa shape index (κ1) is 13.8. The second-order valence-electron chi connectivity index (χ2n) is 5.30. The molecule has 0 bridgehead atoms. The van der Waals surface area contributed by atoms with Crippen molar-refractivity contribution in [3.05, 3.63) is 34.6 Å². The van der Waals surface area contributed by atoms with Crippen molar-refractivity contribution in [1.29, 1.82) is 0 Å². The van der Waals surface area contributed by atoms with Gasteiger partial charge in [0.25, 0.3) is 0 Å². The van der Waals surface area contributed by atoms with Gasteiger partial charge in [0, 0.05) is 17.6 Å². The van der Waals surface area contributed by atoms with E-state index in [1.807, 2.05) is 0 Å². The molecular weight excluding hydrogens is 249 g/mol. The van der Waals surface area contributed by atoms with Crippen LogP contribution in [-0.4, -0.2) is 6.04 Å². The maximum absolute atomic E-state index is 13.1. The van der Waals surface area contributed by atoms with Crippen molar-refractivity contribution in [1.82, 2.24) is 5.32 Å². The van der Waals surface area contributed by atoms with Crippen LogP contribution in [0.5, 0.6) is 0 Å². The minimum Gasteiger partial charge on any atom is -0.310 e. The topological polar surface area (TPSA) is 12.0 Å². The van der Waals surface area contributed by atoms with Gasteiger partial charge in [0.15, 0.2) is 0 Å². The lowest BCUT2D eigenvalue weighted by Gasteiger charge is -2.28. The summed E-state index contributed by atoms with van der Waals surface area (Å²) in [6.45, 7) is 2.87. The summed E-state index contributed by atoms with van der Waals surface area (Å²) in [4.78, 5) is 0. The van der Waals surface area contributed by atoms with Gasteiger partial charge in [0.2, 0.25) is 0 Å². The highest BCUT2D eigenvalue weighted by molar-refractivity contribution is 6.31. The molecule has 0 radical (unpaired) electrons. The van der Waals surface area contributed by atoms with Crippen LogP contribution in [0.2, 0.25) is 5.02 Å². The standard InChI is InChI=1S/C15H21ClFN/c1-11(12-5-3-2-4-6-12)18-10-13-9-14(17)7-8-15(13)16/h7-9,11-12,18H,2-6,10H2,1H3/t11-/m1/s1. The minimum atomic E-state index is -0.221. The Kier molecular flexibility index (Phi) is 5.02. The summed E-state index contributed by atoms with van der Waals surface area (Å²) in [5.41, 5.74) is 0.847. The van der Waals surface area contributed by atoms with Gasteiger partial charge < -0.3 is 5.32 Å². The third-order valence-electron chi connectivity index (χ3n) is 3.98. The molecule has 1 aliphatic rings. The van der Waals surface area contributed by atoms with Crippen molar-refractivity contribution in [3.8, 4) is 0 Å². The maximum Gasteiger partial charge on any atom is 0.123 e. The van der Waals surface area contributed by atoms with Gasteiger partial charge in [0.1, 0.15) is 5.82 Å². The Hall–Kier alpha value is -0.600. The fraction of sp³-hybridized carbons (Fsp3) is 0.600. The summed E-state index contributed by atoms with van der Waals surface area (Å²) < 4.78 is 13.1. The number of rotatable bonds is 4. The zero-order valence-corrected chi connectivity index (χ0v) is 11.6. The van der Waals surface area contributed by atoms with Crippen LogP contribution in [-0.2, 0) is 6.54 Å². The molecule has 1 nitrogen and oxygen atoms in total. The van der Waals surface area contributed by atoms with E-state index >= 15 is 0 Å². The second kappa shape index (κ2) is 6.53. The molecule has 0 unspecified atom stereocenters. The Morgan fingerprint density at radius 3 is 2.78 bits per heavy atom. The number of nitrogens with one attached hydrogen (secondary N) is 1. The number of benzene rings is 1. The highest BCUT2D eigenvalue weighted by Crippen LogP contribution is 2.26. The Bertz CT molecular complexity index is 388. The van der Waals surface area contributed by atoms with Gasteiger partial charge in [-0.15, -0.1) is 0 Å². The van der Waals surface area contributed by atoms with E-state index < -0.39 is 0 Å². The largest absolute Gasteiger partial charge is 0.310 e. The summed E-state index contributed by atoms with van der Waals surface area (Å²) in [5.74, 6) is 0.535. The van der Waals surface area contributed by atoms with Crippen molar-refractivity contribution in [3.63, 3.8) is 0 Å². The lowest BCUT2D eigenvalue weighted by atomic mass is 9.84. The summed E-state index contributed by atoms with van der Waals surface area (Å²) in [5, 5.41) is 4.12. The molecule has 1 atom stereocenters. The van der Waals surface area contributed by atoms with Crippen molar-refractivity contribution in [2.24, 2.45) is 5.92 Å². The van der Waals surface area contributed by atoms with E-state index in [1.165, 1.54) is 44.2 Å². The third-order valence-corrected chi connectivity index (χ3v) is 4.35. The van der Waals surface area contributed by atoms with E-state index in [9.17, 15) is 4.39 Å². The van der Waals surface area contributed by atoms with Gasteiger partial charge >= 0.3 is 0 Å². The molecule has 0 amide bonds. The smallest absolute Gasteiger partial charge is 0.123 e. The molecule has 1 N–H and O–H groups in total. The van der Waals surface area contributed by atoms with E-state index in [4.69, 9.17) is 11.6 Å². The highest BCUT2D eigenvalue weighted by Gasteiger charge is 2.19. The molecule has 0 spiro atoms. The first-order chi connectivity index (χ1) is 8.66. The van der Waals surface area contributed by atoms with Gasteiger partial charge in [-0.25, -0.2) is 4.39 Å². The van der Waals surface area contributed by atoms with Crippen LogP contribution in [0.1, 0.15) is 44.6 Å². The predicted octanol–water partition coefficient (Wildman–Crippen LogP) is 4.54. The average molecular weight is 270 g/mol. The average Bonchev–Trinajstić information content (AvgIpc) is 2.40. The molecule has 0 aromatic heterocycles. The minimum absolute atomic E-state index is 0.221. The quantitative estimate of drug-likeness (QED) is 0.846. The molecule has 1 aromatic carbocycles. The molecule has 2 rings (SSSR count). The van der Waals surface area contributed by atoms with E-state index in [0.29, 0.717) is 17.6 Å². The summed E-state index contributed by atoms with van der Waals surface area (Å²) in [6, 6.07) is 5.02. The van der Waals surface area contributed by atoms with E-state index in [1.54, 1.807) is 6.07 Å². The SMILES string of the molecule is C[C@@H](NCc1cc(F)ccc1Cl)C1CCCCC1. The van der Waals surface area contributed by atoms with Crippen LogP contribution >= 0.6 is 11.6 Å². The first-order valence-corrected chi connectivity index (χ1v) is 7.22. The third kappa shape index (κ3) is 3.69. The van der Waals surface area contributed by atoms with Crippen LogP contribution in [0.3, 0.4) is 0 Å². The van der Waals surface area contributed by atoms with Gasteiger partial charge in [-0.05, 0) is 49.4 Å². The van der Waals surface area contributed by atoms with Crippen LogP contribution in [0.25, 0.3) is 0 Å². The Morgan fingerprint density at radius 2 is 2.06 bits per heavy atom. The number of hydrogen-bond acceptors (Lipinski definition) is 1. The van der Waals surface area contributed by atoms with Crippen molar-refractivity contribution in [2.75, 3.05) is 0 Å². The van der Waals surface area contributed by atoms with Crippen LogP contribution in [0, 0.1) is 11.7 Å². The molecule has 1 saturated carbocycles. The first-order valence-electron chi connectivity index (χ1n) is 6.84. The van der Waals surface area contributed by atoms with E-state index in [-0.39, 0.29) is 5.82 Å². The van der Waals surface area contributed by atoms with E-state index in [0.717, 1.165) is 11.5 Å². The summed E-state index contributed by atoms with van der Waals surface area (Å²) in [6.07, 6.45) is 6.68. The molecule has 18 heavy (non-hydrogen) atoms. The second-order valence-corrected chi connectivity index (χ2v) is 5.71. The Morgan fingerprint density at radius 1 is 1.33 bits per heavy atom. The van der Waals surface area contributed by atoms with Gasteiger partial charge in [-0.2, -0.15) is 0 Å². The molecule has 100 valence electrons. The molecule has 3 heteroatoms. The molecule has 0 aliphatic heterocycles. The molecule has 1 aromatic rings. The van der Waals surface area contributed by atoms with Gasteiger partial charge in [-0.1, -0.05) is 30.9 Å².